The number of carbonyl (C=O) groups excluding carboxylic acids is 1. The molecule has 1 aromatic rings. The molecule has 1 unspecified atom stereocenters. The molecule has 5 nitrogen and oxygen atoms in total. The molecule has 0 aliphatic heterocycles. The maximum atomic E-state index is 11.7. The molecule has 1 amide bonds. The van der Waals surface area contributed by atoms with Crippen LogP contribution in [0.5, 0.6) is 0 Å². The molecular formula is C16H23NO4. The number of carbonyl (C=O) groups is 1. The van der Waals surface area contributed by atoms with Crippen molar-refractivity contribution in [3.05, 3.63) is 35.9 Å². The molecule has 21 heavy (non-hydrogen) atoms. The third-order valence-electron chi connectivity index (χ3n) is 3.28. The van der Waals surface area contributed by atoms with E-state index in [1.807, 2.05) is 30.3 Å². The van der Waals surface area contributed by atoms with Crippen molar-refractivity contribution in [2.75, 3.05) is 0 Å². The van der Waals surface area contributed by atoms with Crippen LogP contribution >= 0.6 is 0 Å². The molecule has 0 saturated heterocycles. The van der Waals surface area contributed by atoms with Crippen LogP contribution in [0.25, 0.3) is 0 Å². The van der Waals surface area contributed by atoms with E-state index in [2.05, 4.69) is 5.32 Å². The van der Waals surface area contributed by atoms with Gasteiger partial charge in [0.2, 0.25) is 0 Å². The van der Waals surface area contributed by atoms with Gasteiger partial charge >= 0.3 is 6.09 Å². The van der Waals surface area contributed by atoms with E-state index < -0.39 is 23.8 Å². The van der Waals surface area contributed by atoms with E-state index in [1.54, 1.807) is 20.8 Å². The number of nitrogens with one attached hydrogen (secondary N) is 1. The highest BCUT2D eigenvalue weighted by atomic mass is 16.6. The van der Waals surface area contributed by atoms with Crippen LogP contribution < -0.4 is 5.32 Å². The second kappa shape index (κ2) is 6.45. The van der Waals surface area contributed by atoms with Crippen LogP contribution in [0.1, 0.15) is 32.8 Å². The van der Waals surface area contributed by atoms with Crippen molar-refractivity contribution in [2.45, 2.75) is 57.6 Å². The van der Waals surface area contributed by atoms with Crippen molar-refractivity contribution in [2.24, 2.45) is 0 Å². The highest BCUT2D eigenvalue weighted by Crippen LogP contribution is 2.25. The van der Waals surface area contributed by atoms with Crippen LogP contribution in [0.2, 0.25) is 0 Å². The molecule has 0 heterocycles. The molecule has 3 atom stereocenters. The average Bonchev–Trinajstić information content (AvgIpc) is 2.40. The number of benzene rings is 1. The molecule has 116 valence electrons. The Labute approximate surface area is 125 Å². The highest BCUT2D eigenvalue weighted by molar-refractivity contribution is 5.68. The van der Waals surface area contributed by atoms with Gasteiger partial charge in [0.15, 0.2) is 0 Å². The first kappa shape index (κ1) is 15.8. The van der Waals surface area contributed by atoms with E-state index in [4.69, 9.17) is 9.47 Å². The number of aliphatic hydroxyl groups is 1. The Morgan fingerprint density at radius 1 is 1.33 bits per heavy atom. The number of hydrogen-bond acceptors (Lipinski definition) is 4. The second-order valence-corrected chi connectivity index (χ2v) is 6.31. The third kappa shape index (κ3) is 4.72. The van der Waals surface area contributed by atoms with Crippen molar-refractivity contribution < 1.29 is 19.4 Å². The van der Waals surface area contributed by atoms with E-state index >= 15 is 0 Å². The number of ether oxygens (including phenoxy) is 2. The van der Waals surface area contributed by atoms with Gasteiger partial charge in [0.25, 0.3) is 0 Å². The Morgan fingerprint density at radius 2 is 2.00 bits per heavy atom. The first-order chi connectivity index (χ1) is 9.85. The van der Waals surface area contributed by atoms with Crippen LogP contribution in [-0.2, 0) is 16.1 Å². The van der Waals surface area contributed by atoms with E-state index in [9.17, 15) is 9.90 Å². The summed E-state index contributed by atoms with van der Waals surface area (Å²) in [5, 5.41) is 12.4. The largest absolute Gasteiger partial charge is 0.444 e. The quantitative estimate of drug-likeness (QED) is 0.893. The SMILES string of the molecule is CC(C)(C)OC(=O)N[C@@H]1C(O)C[C@H]1OCc1ccccc1. The van der Waals surface area contributed by atoms with Crippen molar-refractivity contribution in [1.82, 2.24) is 5.32 Å². The van der Waals surface area contributed by atoms with Gasteiger partial charge < -0.3 is 19.9 Å². The predicted molar refractivity (Wildman–Crippen MR) is 78.8 cm³/mol. The molecule has 0 bridgehead atoms. The smallest absolute Gasteiger partial charge is 0.408 e. The third-order valence-corrected chi connectivity index (χ3v) is 3.28. The van der Waals surface area contributed by atoms with E-state index in [0.29, 0.717) is 13.0 Å². The Bertz CT molecular complexity index is 469. The zero-order valence-electron chi connectivity index (χ0n) is 12.7. The van der Waals surface area contributed by atoms with Crippen molar-refractivity contribution in [3.63, 3.8) is 0 Å². The van der Waals surface area contributed by atoms with Gasteiger partial charge in [-0.3, -0.25) is 0 Å². The Morgan fingerprint density at radius 3 is 2.57 bits per heavy atom. The summed E-state index contributed by atoms with van der Waals surface area (Å²) >= 11 is 0. The Hall–Kier alpha value is -1.59. The summed E-state index contributed by atoms with van der Waals surface area (Å²) in [6, 6.07) is 9.39. The Balaban J connectivity index is 1.81. The normalized spacial score (nSPS) is 25.0. The maximum absolute atomic E-state index is 11.7. The molecule has 1 fully saturated rings. The minimum absolute atomic E-state index is 0.187. The van der Waals surface area contributed by atoms with Crippen LogP contribution in [0, 0.1) is 0 Å². The van der Waals surface area contributed by atoms with Crippen LogP contribution in [0.4, 0.5) is 4.79 Å². The van der Waals surface area contributed by atoms with Crippen LogP contribution in [0.15, 0.2) is 30.3 Å². The molecule has 2 N–H and O–H groups in total. The van der Waals surface area contributed by atoms with Gasteiger partial charge in [-0.15, -0.1) is 0 Å². The minimum Gasteiger partial charge on any atom is -0.444 e. The summed E-state index contributed by atoms with van der Waals surface area (Å²) in [5.74, 6) is 0. The van der Waals surface area contributed by atoms with Gasteiger partial charge in [-0.05, 0) is 26.3 Å². The molecule has 2 rings (SSSR count). The Kier molecular flexibility index (Phi) is 4.85. The highest BCUT2D eigenvalue weighted by Gasteiger charge is 2.42. The zero-order valence-corrected chi connectivity index (χ0v) is 12.7. The fraction of sp³-hybridized carbons (Fsp3) is 0.562. The fourth-order valence-corrected chi connectivity index (χ4v) is 2.17. The molecule has 1 aliphatic carbocycles. The van der Waals surface area contributed by atoms with Gasteiger partial charge in [-0.2, -0.15) is 0 Å². The molecule has 0 aromatic heterocycles. The number of aliphatic hydroxyl groups excluding tert-OH is 1. The summed E-state index contributed by atoms with van der Waals surface area (Å²) in [7, 11) is 0. The lowest BCUT2D eigenvalue weighted by atomic mass is 9.85. The summed E-state index contributed by atoms with van der Waals surface area (Å²) in [6.07, 6.45) is -0.779. The molecule has 1 saturated carbocycles. The summed E-state index contributed by atoms with van der Waals surface area (Å²) < 4.78 is 10.9. The van der Waals surface area contributed by atoms with Crippen LogP contribution in [-0.4, -0.2) is 35.1 Å². The van der Waals surface area contributed by atoms with Crippen LogP contribution in [0.3, 0.4) is 0 Å². The summed E-state index contributed by atoms with van der Waals surface area (Å²) in [6.45, 7) is 5.86. The molecule has 0 radical (unpaired) electrons. The fourth-order valence-electron chi connectivity index (χ4n) is 2.17. The average molecular weight is 293 g/mol. The van der Waals surface area contributed by atoms with E-state index in [0.717, 1.165) is 5.56 Å². The second-order valence-electron chi connectivity index (χ2n) is 6.31. The maximum Gasteiger partial charge on any atom is 0.408 e. The van der Waals surface area contributed by atoms with Crippen molar-refractivity contribution >= 4 is 6.09 Å². The number of alkyl carbamates (subject to hydrolysis) is 1. The van der Waals surface area contributed by atoms with Gasteiger partial charge in [0.05, 0.1) is 24.9 Å². The van der Waals surface area contributed by atoms with Gasteiger partial charge in [0.1, 0.15) is 5.60 Å². The summed E-state index contributed by atoms with van der Waals surface area (Å²) in [4.78, 5) is 11.7. The first-order valence-electron chi connectivity index (χ1n) is 7.18. The van der Waals surface area contributed by atoms with Gasteiger partial charge in [0, 0.05) is 6.42 Å². The topological polar surface area (TPSA) is 67.8 Å². The number of hydrogen-bond donors (Lipinski definition) is 2. The summed E-state index contributed by atoms with van der Waals surface area (Å²) in [5.41, 5.74) is 0.508. The molecule has 1 aromatic carbocycles. The van der Waals surface area contributed by atoms with Gasteiger partial charge in [-0.1, -0.05) is 30.3 Å². The van der Waals surface area contributed by atoms with Gasteiger partial charge in [-0.25, -0.2) is 4.79 Å². The van der Waals surface area contributed by atoms with E-state index in [1.165, 1.54) is 0 Å². The van der Waals surface area contributed by atoms with E-state index in [-0.39, 0.29) is 6.10 Å². The first-order valence-corrected chi connectivity index (χ1v) is 7.18. The lowest BCUT2D eigenvalue weighted by molar-refractivity contribution is -0.108. The predicted octanol–water partition coefficient (Wildman–Crippen LogP) is 2.23. The monoisotopic (exact) mass is 293 g/mol. The molecular weight excluding hydrogens is 270 g/mol. The number of rotatable bonds is 4. The van der Waals surface area contributed by atoms with Crippen molar-refractivity contribution in [3.8, 4) is 0 Å². The standard InChI is InChI=1S/C16H23NO4/c1-16(2,3)21-15(19)17-14-12(18)9-13(14)20-10-11-7-5-4-6-8-11/h4-8,12-14,18H,9-10H2,1-3H3,(H,17,19)/t12?,13-,14-/m1/s1. The lowest BCUT2D eigenvalue weighted by Crippen LogP contribution is -2.61. The lowest BCUT2D eigenvalue weighted by Gasteiger charge is -2.41. The molecule has 5 heteroatoms. The molecule has 0 spiro atoms. The zero-order chi connectivity index (χ0) is 15.5. The molecule has 1 aliphatic rings. The minimum atomic E-state index is -0.585. The van der Waals surface area contributed by atoms with Crippen molar-refractivity contribution in [1.29, 1.82) is 0 Å². The number of amides is 1.